The van der Waals surface area contributed by atoms with Crippen LogP contribution in [-0.4, -0.2) is 42.2 Å². The molecule has 0 bridgehead atoms. The molecule has 2 atom stereocenters. The molecule has 0 saturated heterocycles. The Morgan fingerprint density at radius 3 is 2.75 bits per heavy atom. The van der Waals surface area contributed by atoms with Crippen LogP contribution in [0.3, 0.4) is 0 Å². The van der Waals surface area contributed by atoms with Gasteiger partial charge in [0, 0.05) is 47.7 Å². The number of hydrogen-bond donors (Lipinski definition) is 2. The van der Waals surface area contributed by atoms with E-state index in [1.807, 2.05) is 6.92 Å². The highest BCUT2D eigenvalue weighted by Gasteiger charge is 2.18. The van der Waals surface area contributed by atoms with Crippen molar-refractivity contribution in [2.24, 2.45) is 0 Å². The Labute approximate surface area is 122 Å². The van der Waals surface area contributed by atoms with Gasteiger partial charge in [0.1, 0.15) is 5.82 Å². The largest absolute Gasteiger partial charge is 0.370 e. The maximum atomic E-state index is 12.2. The molecule has 2 unspecified atom stereocenters. The van der Waals surface area contributed by atoms with Gasteiger partial charge < -0.3 is 5.32 Å². The van der Waals surface area contributed by atoms with Crippen LogP contribution < -0.4 is 10.0 Å². The van der Waals surface area contributed by atoms with Crippen molar-refractivity contribution in [3.8, 4) is 0 Å². The van der Waals surface area contributed by atoms with Crippen LogP contribution in [0.15, 0.2) is 23.2 Å². The standard InChI is InChI=1S/C12H21N3O3S2/c1-4-13-12-9-11(5-7-14-12)20(17,18)15-10(2)6-8-19(3)16/h5,7,9-10,15H,4,6,8H2,1-3H3,(H,13,14). The molecule has 0 aliphatic heterocycles. The molecule has 114 valence electrons. The van der Waals surface area contributed by atoms with E-state index in [-0.39, 0.29) is 10.9 Å². The first kappa shape index (κ1) is 17.1. The zero-order chi connectivity index (χ0) is 15.2. The Bertz CT molecular complexity index is 561. The molecule has 0 fully saturated rings. The van der Waals surface area contributed by atoms with Gasteiger partial charge in [-0.1, -0.05) is 0 Å². The molecule has 6 nitrogen and oxygen atoms in total. The van der Waals surface area contributed by atoms with Gasteiger partial charge in [-0.05, 0) is 26.3 Å². The molecule has 1 aromatic rings. The van der Waals surface area contributed by atoms with Gasteiger partial charge in [0.05, 0.1) is 4.90 Å². The third-order valence-corrected chi connectivity index (χ3v) is 4.99. The van der Waals surface area contributed by atoms with Crippen LogP contribution in [-0.2, 0) is 20.8 Å². The molecule has 1 aromatic heterocycles. The van der Waals surface area contributed by atoms with E-state index >= 15 is 0 Å². The normalized spacial score (nSPS) is 14.8. The van der Waals surface area contributed by atoms with Crippen LogP contribution >= 0.6 is 0 Å². The summed E-state index contributed by atoms with van der Waals surface area (Å²) in [5.41, 5.74) is 0. The topological polar surface area (TPSA) is 88.2 Å². The first-order valence-corrected chi connectivity index (χ1v) is 9.58. The average Bonchev–Trinajstić information content (AvgIpc) is 2.37. The smallest absolute Gasteiger partial charge is 0.240 e. The fourth-order valence-electron chi connectivity index (χ4n) is 1.59. The highest BCUT2D eigenvalue weighted by Crippen LogP contribution is 2.13. The molecule has 1 rings (SSSR count). The quantitative estimate of drug-likeness (QED) is 0.745. The van der Waals surface area contributed by atoms with E-state index < -0.39 is 20.8 Å². The van der Waals surface area contributed by atoms with Gasteiger partial charge >= 0.3 is 0 Å². The fraction of sp³-hybridized carbons (Fsp3) is 0.583. The number of nitrogens with zero attached hydrogens (tertiary/aromatic N) is 1. The van der Waals surface area contributed by atoms with E-state index in [1.165, 1.54) is 18.3 Å². The minimum Gasteiger partial charge on any atom is -0.370 e. The van der Waals surface area contributed by atoms with Gasteiger partial charge in [0.2, 0.25) is 10.0 Å². The maximum absolute atomic E-state index is 12.2. The molecule has 0 amide bonds. The summed E-state index contributed by atoms with van der Waals surface area (Å²) >= 11 is 0. The highest BCUT2D eigenvalue weighted by molar-refractivity contribution is 7.89. The van der Waals surface area contributed by atoms with Crippen LogP contribution in [0.4, 0.5) is 5.82 Å². The van der Waals surface area contributed by atoms with Crippen LogP contribution in [0, 0.1) is 0 Å². The lowest BCUT2D eigenvalue weighted by Gasteiger charge is -2.14. The lowest BCUT2D eigenvalue weighted by atomic mass is 10.3. The zero-order valence-corrected chi connectivity index (χ0v) is 13.6. The van der Waals surface area contributed by atoms with Crippen molar-refractivity contribution in [1.82, 2.24) is 9.71 Å². The Morgan fingerprint density at radius 1 is 1.45 bits per heavy atom. The van der Waals surface area contributed by atoms with E-state index in [9.17, 15) is 12.6 Å². The minimum absolute atomic E-state index is 0.174. The summed E-state index contributed by atoms with van der Waals surface area (Å²) in [6.07, 6.45) is 3.60. The third kappa shape index (κ3) is 5.56. The van der Waals surface area contributed by atoms with Crippen LogP contribution in [0.2, 0.25) is 0 Å². The zero-order valence-electron chi connectivity index (χ0n) is 11.9. The number of rotatable bonds is 8. The lowest BCUT2D eigenvalue weighted by Crippen LogP contribution is -2.33. The summed E-state index contributed by atoms with van der Waals surface area (Å²) in [6.45, 7) is 4.34. The lowest BCUT2D eigenvalue weighted by molar-refractivity contribution is 0.555. The van der Waals surface area contributed by atoms with Gasteiger partial charge in [-0.25, -0.2) is 18.1 Å². The Morgan fingerprint density at radius 2 is 2.15 bits per heavy atom. The van der Waals surface area contributed by atoms with E-state index in [0.29, 0.717) is 24.5 Å². The van der Waals surface area contributed by atoms with Crippen molar-refractivity contribution in [2.45, 2.75) is 31.2 Å². The van der Waals surface area contributed by atoms with Gasteiger partial charge in [0.25, 0.3) is 0 Å². The number of sulfonamides is 1. The van der Waals surface area contributed by atoms with Gasteiger partial charge in [-0.15, -0.1) is 0 Å². The van der Waals surface area contributed by atoms with Crippen LogP contribution in [0.5, 0.6) is 0 Å². The van der Waals surface area contributed by atoms with Crippen molar-refractivity contribution in [1.29, 1.82) is 0 Å². The van der Waals surface area contributed by atoms with E-state index in [2.05, 4.69) is 15.0 Å². The van der Waals surface area contributed by atoms with Gasteiger partial charge in [-0.3, -0.25) is 4.21 Å². The molecule has 20 heavy (non-hydrogen) atoms. The summed E-state index contributed by atoms with van der Waals surface area (Å²) in [6, 6.07) is 2.68. The SMILES string of the molecule is CCNc1cc(S(=O)(=O)NC(C)CCS(C)=O)ccn1. The second kappa shape index (κ2) is 7.70. The molecule has 8 heteroatoms. The van der Waals surface area contributed by atoms with Crippen LogP contribution in [0.25, 0.3) is 0 Å². The summed E-state index contributed by atoms with van der Waals surface area (Å²) in [5.74, 6) is 1.00. The summed E-state index contributed by atoms with van der Waals surface area (Å²) in [5, 5.41) is 2.97. The third-order valence-electron chi connectivity index (χ3n) is 2.59. The van der Waals surface area contributed by atoms with Crippen LogP contribution in [0.1, 0.15) is 20.3 Å². The second-order valence-corrected chi connectivity index (χ2v) is 7.76. The van der Waals surface area contributed by atoms with Gasteiger partial charge in [-0.2, -0.15) is 0 Å². The van der Waals surface area contributed by atoms with E-state index in [1.54, 1.807) is 13.2 Å². The second-order valence-electron chi connectivity index (χ2n) is 4.50. The Balaban J connectivity index is 2.77. The van der Waals surface area contributed by atoms with Crippen molar-refractivity contribution in [3.05, 3.63) is 18.3 Å². The van der Waals surface area contributed by atoms with Gasteiger partial charge in [0.15, 0.2) is 0 Å². The molecule has 0 saturated carbocycles. The summed E-state index contributed by atoms with van der Waals surface area (Å²) in [7, 11) is -4.50. The molecular weight excluding hydrogens is 298 g/mol. The number of hydrogen-bond acceptors (Lipinski definition) is 5. The molecule has 0 spiro atoms. The number of aromatic nitrogens is 1. The van der Waals surface area contributed by atoms with E-state index in [0.717, 1.165) is 0 Å². The molecule has 2 N–H and O–H groups in total. The first-order valence-electron chi connectivity index (χ1n) is 6.37. The number of anilines is 1. The highest BCUT2D eigenvalue weighted by atomic mass is 32.2. The van der Waals surface area contributed by atoms with E-state index in [4.69, 9.17) is 0 Å². The van der Waals surface area contributed by atoms with Crippen molar-refractivity contribution >= 4 is 26.6 Å². The molecular formula is C12H21N3O3S2. The first-order chi connectivity index (χ1) is 9.35. The molecule has 0 aliphatic carbocycles. The Kier molecular flexibility index (Phi) is 6.57. The maximum Gasteiger partial charge on any atom is 0.240 e. The molecule has 0 radical (unpaired) electrons. The minimum atomic E-state index is -3.58. The predicted octanol–water partition coefficient (Wildman–Crippen LogP) is 0.949. The van der Waals surface area contributed by atoms with Crippen molar-refractivity contribution in [3.63, 3.8) is 0 Å². The molecule has 1 heterocycles. The molecule has 0 aromatic carbocycles. The fourth-order valence-corrected chi connectivity index (χ4v) is 3.57. The average molecular weight is 319 g/mol. The summed E-state index contributed by atoms with van der Waals surface area (Å²) < 4.78 is 38.0. The Hall–Kier alpha value is -0.990. The summed E-state index contributed by atoms with van der Waals surface area (Å²) in [4.78, 5) is 4.21. The van der Waals surface area contributed by atoms with Crippen molar-refractivity contribution in [2.75, 3.05) is 23.9 Å². The number of nitrogens with one attached hydrogen (secondary N) is 2. The molecule has 0 aliphatic rings. The number of pyridine rings is 1. The monoisotopic (exact) mass is 319 g/mol. The van der Waals surface area contributed by atoms with Crippen molar-refractivity contribution < 1.29 is 12.6 Å². The predicted molar refractivity (Wildman–Crippen MR) is 81.7 cm³/mol.